The van der Waals surface area contributed by atoms with E-state index >= 15 is 0 Å². The van der Waals surface area contributed by atoms with Crippen LogP contribution in [0.25, 0.3) is 0 Å². The molecule has 0 heterocycles. The number of benzene rings is 1. The number of carbonyl (C=O) groups excluding carboxylic acids is 1. The lowest BCUT2D eigenvalue weighted by molar-refractivity contribution is -0.126. The van der Waals surface area contributed by atoms with Crippen LogP contribution in [-0.2, 0) is 15.1 Å². The first kappa shape index (κ1) is 17.0. The number of rotatable bonds is 6. The lowest BCUT2D eigenvalue weighted by Crippen LogP contribution is -2.49. The van der Waals surface area contributed by atoms with E-state index in [1.165, 1.54) is 19.3 Å². The van der Waals surface area contributed by atoms with Crippen LogP contribution in [0.15, 0.2) is 30.3 Å². The first-order valence-electron chi connectivity index (χ1n) is 8.26. The molecule has 22 heavy (non-hydrogen) atoms. The molecule has 4 heteroatoms. The molecule has 0 spiro atoms. The molecule has 1 aliphatic rings. The zero-order chi connectivity index (χ0) is 16.0. The number of ether oxygens (including phenoxy) is 1. The van der Waals surface area contributed by atoms with Crippen LogP contribution in [0.2, 0.25) is 0 Å². The van der Waals surface area contributed by atoms with Gasteiger partial charge in [-0.3, -0.25) is 4.79 Å². The molecule has 1 aromatic carbocycles. The maximum absolute atomic E-state index is 12.3. The van der Waals surface area contributed by atoms with Gasteiger partial charge in [-0.15, -0.1) is 0 Å². The highest BCUT2D eigenvalue weighted by Crippen LogP contribution is 2.26. The third-order valence-electron chi connectivity index (χ3n) is 4.60. The molecule has 1 fully saturated rings. The standard InChI is InChI=1S/C18H28N2O2/c1-14-8-6-7-11-16(14)22-13-12-20-17(21)18(2,19)15-9-4-3-5-10-15/h3-5,9-10,14,16H,6-8,11-13,19H2,1-2H3,(H,20,21). The molecule has 0 aliphatic heterocycles. The van der Waals surface area contributed by atoms with Gasteiger partial charge in [-0.2, -0.15) is 0 Å². The van der Waals surface area contributed by atoms with Gasteiger partial charge in [0.15, 0.2) is 0 Å². The number of nitrogens with one attached hydrogen (secondary N) is 1. The molecule has 0 saturated heterocycles. The summed E-state index contributed by atoms with van der Waals surface area (Å²) in [4.78, 5) is 12.3. The predicted octanol–water partition coefficient (Wildman–Crippen LogP) is 2.57. The normalized spacial score (nSPS) is 24.5. The molecule has 0 aromatic heterocycles. The highest BCUT2D eigenvalue weighted by Gasteiger charge is 2.30. The SMILES string of the molecule is CC1CCCCC1OCCNC(=O)C(C)(N)c1ccccc1. The zero-order valence-corrected chi connectivity index (χ0v) is 13.7. The van der Waals surface area contributed by atoms with Crippen LogP contribution < -0.4 is 11.1 Å². The summed E-state index contributed by atoms with van der Waals surface area (Å²) < 4.78 is 5.91. The van der Waals surface area contributed by atoms with Gasteiger partial charge in [0.25, 0.3) is 0 Å². The molecule has 2 rings (SSSR count). The molecular formula is C18H28N2O2. The van der Waals surface area contributed by atoms with Crippen molar-refractivity contribution in [3.05, 3.63) is 35.9 Å². The summed E-state index contributed by atoms with van der Waals surface area (Å²) in [6.45, 7) is 5.03. The van der Waals surface area contributed by atoms with E-state index < -0.39 is 5.54 Å². The molecule has 0 radical (unpaired) electrons. The Bertz CT molecular complexity index is 473. The van der Waals surface area contributed by atoms with Crippen molar-refractivity contribution in [2.24, 2.45) is 11.7 Å². The van der Waals surface area contributed by atoms with Gasteiger partial charge in [0.2, 0.25) is 5.91 Å². The fourth-order valence-corrected chi connectivity index (χ4v) is 3.00. The molecule has 1 aromatic rings. The highest BCUT2D eigenvalue weighted by atomic mass is 16.5. The van der Waals surface area contributed by atoms with Crippen molar-refractivity contribution in [2.45, 2.75) is 51.2 Å². The third-order valence-corrected chi connectivity index (χ3v) is 4.60. The Kier molecular flexibility index (Phi) is 5.98. The zero-order valence-electron chi connectivity index (χ0n) is 13.7. The Balaban J connectivity index is 1.75. The van der Waals surface area contributed by atoms with E-state index in [-0.39, 0.29) is 5.91 Å². The Morgan fingerprint density at radius 2 is 2.00 bits per heavy atom. The molecule has 3 N–H and O–H groups in total. The van der Waals surface area contributed by atoms with Gasteiger partial charge >= 0.3 is 0 Å². The maximum atomic E-state index is 12.3. The van der Waals surface area contributed by atoms with Crippen molar-refractivity contribution in [1.29, 1.82) is 0 Å². The van der Waals surface area contributed by atoms with Gasteiger partial charge in [0, 0.05) is 6.54 Å². The Hall–Kier alpha value is -1.39. The summed E-state index contributed by atoms with van der Waals surface area (Å²) in [5.41, 5.74) is 5.98. The van der Waals surface area contributed by atoms with Crippen LogP contribution in [0.4, 0.5) is 0 Å². The second-order valence-corrected chi connectivity index (χ2v) is 6.50. The van der Waals surface area contributed by atoms with Crippen molar-refractivity contribution >= 4 is 5.91 Å². The molecule has 1 aliphatic carbocycles. The van der Waals surface area contributed by atoms with E-state index in [1.54, 1.807) is 6.92 Å². The molecular weight excluding hydrogens is 276 g/mol. The summed E-state index contributed by atoms with van der Waals surface area (Å²) in [5.74, 6) is 0.451. The Morgan fingerprint density at radius 3 is 2.68 bits per heavy atom. The quantitative estimate of drug-likeness (QED) is 0.794. The van der Waals surface area contributed by atoms with Gasteiger partial charge in [0.1, 0.15) is 5.54 Å². The number of hydrogen-bond donors (Lipinski definition) is 2. The van der Waals surface area contributed by atoms with E-state index in [2.05, 4.69) is 12.2 Å². The van der Waals surface area contributed by atoms with Crippen LogP contribution in [0, 0.1) is 5.92 Å². The van der Waals surface area contributed by atoms with Crippen molar-refractivity contribution in [3.8, 4) is 0 Å². The van der Waals surface area contributed by atoms with Crippen LogP contribution in [0.1, 0.15) is 45.1 Å². The molecule has 3 atom stereocenters. The largest absolute Gasteiger partial charge is 0.376 e. The minimum absolute atomic E-state index is 0.168. The van der Waals surface area contributed by atoms with E-state index in [4.69, 9.17) is 10.5 Å². The minimum atomic E-state index is -1.01. The molecule has 1 saturated carbocycles. The molecule has 0 bridgehead atoms. The monoisotopic (exact) mass is 304 g/mol. The van der Waals surface area contributed by atoms with Crippen LogP contribution in [0.5, 0.6) is 0 Å². The summed E-state index contributed by atoms with van der Waals surface area (Å²) in [6, 6.07) is 9.44. The summed E-state index contributed by atoms with van der Waals surface area (Å²) in [5, 5.41) is 2.89. The second-order valence-electron chi connectivity index (χ2n) is 6.50. The topological polar surface area (TPSA) is 64.3 Å². The van der Waals surface area contributed by atoms with E-state index in [0.717, 1.165) is 12.0 Å². The number of hydrogen-bond acceptors (Lipinski definition) is 3. The average molecular weight is 304 g/mol. The number of carbonyl (C=O) groups is 1. The van der Waals surface area contributed by atoms with E-state index in [0.29, 0.717) is 25.2 Å². The highest BCUT2D eigenvalue weighted by molar-refractivity contribution is 5.86. The number of nitrogens with two attached hydrogens (primary N) is 1. The van der Waals surface area contributed by atoms with Gasteiger partial charge in [0.05, 0.1) is 12.7 Å². The second kappa shape index (κ2) is 7.75. The van der Waals surface area contributed by atoms with Gasteiger partial charge < -0.3 is 15.8 Å². The van der Waals surface area contributed by atoms with Crippen LogP contribution in [0.3, 0.4) is 0 Å². The maximum Gasteiger partial charge on any atom is 0.244 e. The Labute approximate surface area is 133 Å². The van der Waals surface area contributed by atoms with Crippen molar-refractivity contribution in [3.63, 3.8) is 0 Å². The molecule has 4 nitrogen and oxygen atoms in total. The number of amides is 1. The summed E-state index contributed by atoms with van der Waals surface area (Å²) in [6.07, 6.45) is 5.26. The van der Waals surface area contributed by atoms with Crippen LogP contribution in [-0.4, -0.2) is 25.2 Å². The first-order chi connectivity index (χ1) is 10.5. The molecule has 122 valence electrons. The van der Waals surface area contributed by atoms with Crippen molar-refractivity contribution in [2.75, 3.05) is 13.2 Å². The van der Waals surface area contributed by atoms with Gasteiger partial charge in [-0.05, 0) is 31.2 Å². The summed E-state index contributed by atoms with van der Waals surface area (Å²) in [7, 11) is 0. The van der Waals surface area contributed by atoms with Crippen LogP contribution >= 0.6 is 0 Å². The van der Waals surface area contributed by atoms with Gasteiger partial charge in [-0.1, -0.05) is 50.1 Å². The van der Waals surface area contributed by atoms with E-state index in [1.807, 2.05) is 30.3 Å². The molecule has 1 amide bonds. The third kappa shape index (κ3) is 4.31. The fraction of sp³-hybridized carbons (Fsp3) is 0.611. The van der Waals surface area contributed by atoms with Gasteiger partial charge in [-0.25, -0.2) is 0 Å². The first-order valence-corrected chi connectivity index (χ1v) is 8.26. The minimum Gasteiger partial charge on any atom is -0.376 e. The predicted molar refractivity (Wildman–Crippen MR) is 88.4 cm³/mol. The average Bonchev–Trinajstić information content (AvgIpc) is 2.53. The van der Waals surface area contributed by atoms with Crippen molar-refractivity contribution < 1.29 is 9.53 Å². The Morgan fingerprint density at radius 1 is 1.32 bits per heavy atom. The fourth-order valence-electron chi connectivity index (χ4n) is 3.00. The summed E-state index contributed by atoms with van der Waals surface area (Å²) >= 11 is 0. The van der Waals surface area contributed by atoms with Crippen molar-refractivity contribution in [1.82, 2.24) is 5.32 Å². The lowest BCUT2D eigenvalue weighted by atomic mass is 9.88. The lowest BCUT2D eigenvalue weighted by Gasteiger charge is -2.29. The smallest absolute Gasteiger partial charge is 0.244 e. The van der Waals surface area contributed by atoms with E-state index in [9.17, 15) is 4.79 Å². The molecule has 3 unspecified atom stereocenters.